The van der Waals surface area contributed by atoms with Crippen LogP contribution in [0.25, 0.3) is 0 Å². The summed E-state index contributed by atoms with van der Waals surface area (Å²) in [6, 6.07) is 8.10. The number of hydrogen-bond acceptors (Lipinski definition) is 1. The monoisotopic (exact) mass is 236 g/mol. The molecule has 1 aromatic rings. The molecule has 0 saturated heterocycles. The Hall–Kier alpha value is -2.27. The minimum Gasteiger partial charge on any atom is -0.373 e. The van der Waals surface area contributed by atoms with Gasteiger partial charge in [-0.2, -0.15) is 0 Å². The largest absolute Gasteiger partial charge is 0.373 e. The second-order valence-corrected chi connectivity index (χ2v) is 3.96. The van der Waals surface area contributed by atoms with E-state index in [9.17, 15) is 0 Å². The Labute approximate surface area is 108 Å². The minimum absolute atomic E-state index is 0.259. The van der Waals surface area contributed by atoms with E-state index in [0.29, 0.717) is 0 Å². The lowest BCUT2D eigenvalue weighted by molar-refractivity contribution is 1.14. The van der Waals surface area contributed by atoms with Crippen molar-refractivity contribution in [2.45, 2.75) is 0 Å². The molecular weight excluding hydrogens is 220 g/mol. The fourth-order valence-corrected chi connectivity index (χ4v) is 1.79. The van der Waals surface area contributed by atoms with Gasteiger partial charge in [0, 0.05) is 25.2 Å². The van der Waals surface area contributed by atoms with Crippen LogP contribution in [0.3, 0.4) is 0 Å². The number of allylic oxidation sites excluding steroid dienone is 4. The van der Waals surface area contributed by atoms with Crippen LogP contribution in [0.5, 0.6) is 0 Å². The molecule has 1 N–H and O–H groups in total. The molecule has 0 fully saturated rings. The molecule has 90 valence electrons. The predicted octanol–water partition coefficient (Wildman–Crippen LogP) is 2.38. The number of amidine groups is 1. The van der Waals surface area contributed by atoms with E-state index in [1.54, 1.807) is 7.05 Å². The first-order valence-electron chi connectivity index (χ1n) is 5.95. The van der Waals surface area contributed by atoms with Crippen molar-refractivity contribution >= 4 is 5.84 Å². The zero-order valence-electron chi connectivity index (χ0n) is 10.6. The van der Waals surface area contributed by atoms with Gasteiger partial charge < -0.3 is 5.32 Å². The van der Waals surface area contributed by atoms with Crippen molar-refractivity contribution < 1.29 is 0 Å². The molecule has 0 aromatic heterocycles. The van der Waals surface area contributed by atoms with Crippen LogP contribution in [-0.4, -0.2) is 19.9 Å². The average Bonchev–Trinajstić information content (AvgIpc) is 2.92. The highest BCUT2D eigenvalue weighted by molar-refractivity contribution is 5.98. The molecule has 0 spiro atoms. The Morgan fingerprint density at radius 2 is 1.83 bits per heavy atom. The quantitative estimate of drug-likeness (QED) is 0.452. The standard InChI is InChI=1S/C16H16N2/c1-17-16(18-2)15-11-9-14(10-12-15)8-7-13-5-3-4-6-13/h3-6,9-13H,1-2H3,(H,17,18). The zero-order chi connectivity index (χ0) is 12.8. The van der Waals surface area contributed by atoms with Crippen molar-refractivity contribution in [3.63, 3.8) is 0 Å². The highest BCUT2D eigenvalue weighted by Crippen LogP contribution is 2.08. The Morgan fingerprint density at radius 3 is 2.39 bits per heavy atom. The van der Waals surface area contributed by atoms with Crippen LogP contribution in [0.1, 0.15) is 11.1 Å². The highest BCUT2D eigenvalue weighted by atomic mass is 14.9. The normalized spacial score (nSPS) is 14.4. The van der Waals surface area contributed by atoms with Gasteiger partial charge in [0.2, 0.25) is 0 Å². The van der Waals surface area contributed by atoms with Crippen molar-refractivity contribution in [3.05, 3.63) is 59.7 Å². The van der Waals surface area contributed by atoms with Crippen molar-refractivity contribution in [2.24, 2.45) is 10.9 Å². The highest BCUT2D eigenvalue weighted by Gasteiger charge is 1.99. The molecule has 1 aliphatic carbocycles. The van der Waals surface area contributed by atoms with Crippen LogP contribution in [0.15, 0.2) is 53.6 Å². The fraction of sp³-hybridized carbons (Fsp3) is 0.188. The molecular formula is C16H16N2. The second-order valence-electron chi connectivity index (χ2n) is 3.96. The average molecular weight is 236 g/mol. The van der Waals surface area contributed by atoms with Gasteiger partial charge in [-0.3, -0.25) is 4.99 Å². The van der Waals surface area contributed by atoms with Gasteiger partial charge in [-0.15, -0.1) is 0 Å². The number of nitrogens with one attached hydrogen (secondary N) is 1. The van der Waals surface area contributed by atoms with E-state index in [1.807, 2.05) is 43.5 Å². The number of aliphatic imine (C=N–C) groups is 1. The van der Waals surface area contributed by atoms with Crippen LogP contribution in [0, 0.1) is 17.8 Å². The van der Waals surface area contributed by atoms with Gasteiger partial charge in [0.1, 0.15) is 5.84 Å². The van der Waals surface area contributed by atoms with Crippen LogP contribution in [0.4, 0.5) is 0 Å². The van der Waals surface area contributed by atoms with Gasteiger partial charge in [-0.05, 0) is 12.1 Å². The minimum atomic E-state index is 0.259. The summed E-state index contributed by atoms with van der Waals surface area (Å²) < 4.78 is 0. The van der Waals surface area contributed by atoms with Gasteiger partial charge in [-0.25, -0.2) is 0 Å². The van der Waals surface area contributed by atoms with E-state index < -0.39 is 0 Å². The fourth-order valence-electron chi connectivity index (χ4n) is 1.79. The van der Waals surface area contributed by atoms with Gasteiger partial charge >= 0.3 is 0 Å². The second kappa shape index (κ2) is 5.88. The molecule has 0 aliphatic heterocycles. The molecule has 0 radical (unpaired) electrons. The molecule has 2 rings (SSSR count). The smallest absolute Gasteiger partial charge is 0.127 e. The van der Waals surface area contributed by atoms with E-state index in [0.717, 1.165) is 17.0 Å². The summed E-state index contributed by atoms with van der Waals surface area (Å²) in [6.07, 6.45) is 8.23. The van der Waals surface area contributed by atoms with Gasteiger partial charge in [0.25, 0.3) is 0 Å². The summed E-state index contributed by atoms with van der Waals surface area (Å²) in [5.74, 6) is 7.53. The van der Waals surface area contributed by atoms with Gasteiger partial charge in [0.05, 0.1) is 5.92 Å². The lowest BCUT2D eigenvalue weighted by Crippen LogP contribution is -2.19. The van der Waals surface area contributed by atoms with Crippen molar-refractivity contribution in [3.8, 4) is 11.8 Å². The summed E-state index contributed by atoms with van der Waals surface area (Å²) in [5.41, 5.74) is 2.10. The summed E-state index contributed by atoms with van der Waals surface area (Å²) >= 11 is 0. The predicted molar refractivity (Wildman–Crippen MR) is 76.6 cm³/mol. The lowest BCUT2D eigenvalue weighted by Gasteiger charge is -2.04. The zero-order valence-corrected chi connectivity index (χ0v) is 10.6. The topological polar surface area (TPSA) is 24.4 Å². The summed E-state index contributed by atoms with van der Waals surface area (Å²) in [7, 11) is 3.65. The van der Waals surface area contributed by atoms with E-state index in [1.165, 1.54) is 0 Å². The van der Waals surface area contributed by atoms with Gasteiger partial charge in [0.15, 0.2) is 0 Å². The van der Waals surface area contributed by atoms with Gasteiger partial charge in [-0.1, -0.05) is 48.3 Å². The molecule has 0 saturated carbocycles. The van der Waals surface area contributed by atoms with E-state index in [2.05, 4.69) is 34.3 Å². The number of benzene rings is 1. The third kappa shape index (κ3) is 2.89. The number of nitrogens with zero attached hydrogens (tertiary/aromatic N) is 1. The SMILES string of the molecule is CN=C(NC)c1ccc(C#CC2C=CC=C2)cc1. The first kappa shape index (κ1) is 12.2. The molecule has 0 heterocycles. The maximum atomic E-state index is 4.17. The van der Waals surface area contributed by atoms with E-state index in [-0.39, 0.29) is 5.92 Å². The lowest BCUT2D eigenvalue weighted by atomic mass is 10.1. The van der Waals surface area contributed by atoms with Crippen molar-refractivity contribution in [2.75, 3.05) is 14.1 Å². The Morgan fingerprint density at radius 1 is 1.17 bits per heavy atom. The Bertz CT molecular complexity index is 539. The first-order valence-corrected chi connectivity index (χ1v) is 5.95. The first-order chi connectivity index (χ1) is 8.83. The summed E-state index contributed by atoms with van der Waals surface area (Å²) in [4.78, 5) is 4.17. The molecule has 0 amide bonds. The van der Waals surface area contributed by atoms with Crippen molar-refractivity contribution in [1.82, 2.24) is 5.32 Å². The third-order valence-corrected chi connectivity index (χ3v) is 2.75. The van der Waals surface area contributed by atoms with Crippen LogP contribution >= 0.6 is 0 Å². The van der Waals surface area contributed by atoms with Crippen molar-refractivity contribution in [1.29, 1.82) is 0 Å². The molecule has 18 heavy (non-hydrogen) atoms. The Kier molecular flexibility index (Phi) is 3.98. The number of hydrogen-bond donors (Lipinski definition) is 1. The Balaban J connectivity index is 2.12. The molecule has 1 aromatic carbocycles. The molecule has 2 nitrogen and oxygen atoms in total. The van der Waals surface area contributed by atoms with Crippen LogP contribution in [0.2, 0.25) is 0 Å². The maximum absolute atomic E-state index is 4.17. The number of rotatable bonds is 1. The molecule has 2 heteroatoms. The molecule has 1 aliphatic rings. The van der Waals surface area contributed by atoms with E-state index >= 15 is 0 Å². The molecule has 0 unspecified atom stereocenters. The molecule has 0 bridgehead atoms. The van der Waals surface area contributed by atoms with Crippen LogP contribution in [-0.2, 0) is 0 Å². The van der Waals surface area contributed by atoms with Crippen LogP contribution < -0.4 is 5.32 Å². The maximum Gasteiger partial charge on any atom is 0.127 e. The molecule has 0 atom stereocenters. The summed E-state index contributed by atoms with van der Waals surface area (Å²) in [5, 5.41) is 3.06. The third-order valence-electron chi connectivity index (χ3n) is 2.75. The van der Waals surface area contributed by atoms with E-state index in [4.69, 9.17) is 0 Å². The summed E-state index contributed by atoms with van der Waals surface area (Å²) in [6.45, 7) is 0.